The fourth-order valence-electron chi connectivity index (χ4n) is 2.44. The molecule has 4 nitrogen and oxygen atoms in total. The van der Waals surface area contributed by atoms with Gasteiger partial charge in [-0.1, -0.05) is 32.0 Å². The van der Waals surface area contributed by atoms with Crippen LogP contribution in [0.15, 0.2) is 35.5 Å². The SMILES string of the molecule is CN=C(NCCc1ncc(C)s1)NCC(C)(C)c1ccccc1F. The smallest absolute Gasteiger partial charge is 0.191 e. The van der Waals surface area contributed by atoms with Crippen LogP contribution in [0.4, 0.5) is 4.39 Å². The molecule has 2 N–H and O–H groups in total. The van der Waals surface area contributed by atoms with E-state index in [-0.39, 0.29) is 11.2 Å². The summed E-state index contributed by atoms with van der Waals surface area (Å²) in [7, 11) is 1.74. The van der Waals surface area contributed by atoms with Crippen molar-refractivity contribution >= 4 is 17.3 Å². The third-order valence-electron chi connectivity index (χ3n) is 3.82. The van der Waals surface area contributed by atoms with Crippen LogP contribution in [0.25, 0.3) is 0 Å². The second-order valence-electron chi connectivity index (χ2n) is 6.33. The Morgan fingerprint density at radius 2 is 2.04 bits per heavy atom. The molecule has 0 saturated heterocycles. The van der Waals surface area contributed by atoms with Gasteiger partial charge in [0, 0.05) is 43.0 Å². The lowest BCUT2D eigenvalue weighted by Gasteiger charge is -2.27. The van der Waals surface area contributed by atoms with E-state index >= 15 is 0 Å². The van der Waals surface area contributed by atoms with Gasteiger partial charge in [-0.3, -0.25) is 4.99 Å². The highest BCUT2D eigenvalue weighted by molar-refractivity contribution is 7.11. The van der Waals surface area contributed by atoms with E-state index in [1.807, 2.05) is 32.2 Å². The predicted molar refractivity (Wildman–Crippen MR) is 99.3 cm³/mol. The van der Waals surface area contributed by atoms with E-state index in [0.29, 0.717) is 18.1 Å². The van der Waals surface area contributed by atoms with Gasteiger partial charge in [-0.15, -0.1) is 11.3 Å². The summed E-state index contributed by atoms with van der Waals surface area (Å²) in [6, 6.07) is 6.91. The Morgan fingerprint density at radius 1 is 1.29 bits per heavy atom. The second-order valence-corrected chi connectivity index (χ2v) is 7.65. The van der Waals surface area contributed by atoms with E-state index in [1.54, 1.807) is 24.5 Å². The number of aryl methyl sites for hydroxylation is 1. The molecule has 0 amide bonds. The Morgan fingerprint density at radius 3 is 2.67 bits per heavy atom. The number of hydrogen-bond acceptors (Lipinski definition) is 3. The van der Waals surface area contributed by atoms with Crippen molar-refractivity contribution in [2.45, 2.75) is 32.6 Å². The molecule has 0 aliphatic rings. The quantitative estimate of drug-likeness (QED) is 0.622. The topological polar surface area (TPSA) is 49.3 Å². The molecule has 0 bridgehead atoms. The number of halogens is 1. The van der Waals surface area contributed by atoms with Gasteiger partial charge in [-0.25, -0.2) is 9.37 Å². The van der Waals surface area contributed by atoms with E-state index < -0.39 is 0 Å². The molecule has 0 saturated carbocycles. The number of nitrogens with one attached hydrogen (secondary N) is 2. The number of thiazole rings is 1. The van der Waals surface area contributed by atoms with Crippen LogP contribution in [0.5, 0.6) is 0 Å². The van der Waals surface area contributed by atoms with E-state index in [4.69, 9.17) is 0 Å². The fraction of sp³-hybridized carbons (Fsp3) is 0.444. The Kier molecular flexibility index (Phi) is 6.31. The van der Waals surface area contributed by atoms with Crippen LogP contribution in [-0.4, -0.2) is 31.1 Å². The Balaban J connectivity index is 1.85. The Bertz CT molecular complexity index is 694. The van der Waals surface area contributed by atoms with Crippen molar-refractivity contribution in [2.75, 3.05) is 20.1 Å². The maximum atomic E-state index is 14.0. The van der Waals surface area contributed by atoms with Gasteiger partial charge in [0.2, 0.25) is 0 Å². The van der Waals surface area contributed by atoms with Crippen molar-refractivity contribution in [1.82, 2.24) is 15.6 Å². The molecule has 24 heavy (non-hydrogen) atoms. The molecule has 0 unspecified atom stereocenters. The highest BCUT2D eigenvalue weighted by Crippen LogP contribution is 2.24. The fourth-order valence-corrected chi connectivity index (χ4v) is 3.22. The minimum Gasteiger partial charge on any atom is -0.356 e. The van der Waals surface area contributed by atoms with E-state index in [9.17, 15) is 4.39 Å². The zero-order valence-electron chi connectivity index (χ0n) is 14.7. The van der Waals surface area contributed by atoms with Crippen LogP contribution in [-0.2, 0) is 11.8 Å². The minimum absolute atomic E-state index is 0.175. The Hall–Kier alpha value is -1.95. The third-order valence-corrected chi connectivity index (χ3v) is 4.80. The molecule has 2 rings (SSSR count). The molecular weight excluding hydrogens is 323 g/mol. The van der Waals surface area contributed by atoms with E-state index in [2.05, 4.69) is 27.5 Å². The average Bonchev–Trinajstić information content (AvgIpc) is 2.96. The largest absolute Gasteiger partial charge is 0.356 e. The molecule has 2 aromatic rings. The van der Waals surface area contributed by atoms with Crippen LogP contribution in [0, 0.1) is 12.7 Å². The monoisotopic (exact) mass is 348 g/mol. The van der Waals surface area contributed by atoms with Gasteiger partial charge in [-0.2, -0.15) is 0 Å². The first-order chi connectivity index (χ1) is 11.4. The first-order valence-corrected chi connectivity index (χ1v) is 8.85. The van der Waals surface area contributed by atoms with Crippen LogP contribution in [0.2, 0.25) is 0 Å². The highest BCUT2D eigenvalue weighted by atomic mass is 32.1. The number of aliphatic imine (C=N–C) groups is 1. The van der Waals surface area contributed by atoms with Gasteiger partial charge in [-0.05, 0) is 18.6 Å². The number of rotatable bonds is 6. The Labute approximate surface area is 147 Å². The first-order valence-electron chi connectivity index (χ1n) is 8.03. The number of guanidine groups is 1. The van der Waals surface area contributed by atoms with Gasteiger partial charge in [0.25, 0.3) is 0 Å². The van der Waals surface area contributed by atoms with Crippen molar-refractivity contribution in [2.24, 2.45) is 4.99 Å². The number of nitrogens with zero attached hydrogens (tertiary/aromatic N) is 2. The molecule has 0 radical (unpaired) electrons. The number of hydrogen-bond donors (Lipinski definition) is 2. The van der Waals surface area contributed by atoms with Crippen LogP contribution in [0.1, 0.15) is 29.3 Å². The van der Waals surface area contributed by atoms with Gasteiger partial charge < -0.3 is 10.6 Å². The maximum Gasteiger partial charge on any atom is 0.191 e. The number of benzene rings is 1. The van der Waals surface area contributed by atoms with Gasteiger partial charge in [0.05, 0.1) is 5.01 Å². The molecule has 1 aromatic heterocycles. The predicted octanol–water partition coefficient (Wildman–Crippen LogP) is 3.28. The molecule has 6 heteroatoms. The van der Waals surface area contributed by atoms with Gasteiger partial charge in [0.1, 0.15) is 5.82 Å². The van der Waals surface area contributed by atoms with Gasteiger partial charge in [0.15, 0.2) is 5.96 Å². The average molecular weight is 348 g/mol. The molecular formula is C18H25FN4S. The summed E-state index contributed by atoms with van der Waals surface area (Å²) in [5.41, 5.74) is 0.362. The maximum absolute atomic E-state index is 14.0. The summed E-state index contributed by atoms with van der Waals surface area (Å²) in [5, 5.41) is 7.67. The molecule has 0 atom stereocenters. The van der Waals surface area contributed by atoms with Crippen molar-refractivity contribution in [3.8, 4) is 0 Å². The summed E-state index contributed by atoms with van der Waals surface area (Å²) in [4.78, 5) is 9.80. The zero-order chi connectivity index (χ0) is 17.6. The molecule has 0 aliphatic heterocycles. The minimum atomic E-state index is -0.338. The van der Waals surface area contributed by atoms with Crippen LogP contribution >= 0.6 is 11.3 Å². The lowest BCUT2D eigenvalue weighted by Crippen LogP contribution is -2.44. The molecule has 0 aliphatic carbocycles. The lowest BCUT2D eigenvalue weighted by atomic mass is 9.84. The van der Waals surface area contributed by atoms with Crippen molar-refractivity contribution in [3.63, 3.8) is 0 Å². The van der Waals surface area contributed by atoms with Crippen LogP contribution in [0.3, 0.4) is 0 Å². The summed E-state index contributed by atoms with van der Waals surface area (Å²) in [6.07, 6.45) is 2.75. The molecule has 1 aromatic carbocycles. The first kappa shape index (κ1) is 18.4. The van der Waals surface area contributed by atoms with Crippen LogP contribution < -0.4 is 10.6 Å². The molecule has 130 valence electrons. The summed E-state index contributed by atoms with van der Waals surface area (Å²) in [5.74, 6) is 0.541. The van der Waals surface area contributed by atoms with Crippen molar-refractivity contribution in [3.05, 3.63) is 51.7 Å². The summed E-state index contributed by atoms with van der Waals surface area (Å²) >= 11 is 1.71. The van der Waals surface area contributed by atoms with Gasteiger partial charge >= 0.3 is 0 Å². The highest BCUT2D eigenvalue weighted by Gasteiger charge is 2.24. The van der Waals surface area contributed by atoms with Crippen molar-refractivity contribution < 1.29 is 4.39 Å². The van der Waals surface area contributed by atoms with E-state index in [1.165, 1.54) is 10.9 Å². The summed E-state index contributed by atoms with van der Waals surface area (Å²) < 4.78 is 14.0. The normalized spacial score (nSPS) is 12.3. The molecule has 1 heterocycles. The van der Waals surface area contributed by atoms with E-state index in [0.717, 1.165) is 18.0 Å². The van der Waals surface area contributed by atoms with Crippen molar-refractivity contribution in [1.29, 1.82) is 0 Å². The number of aromatic nitrogens is 1. The standard InChI is InChI=1S/C18H25FN4S/c1-13-11-22-16(24-13)9-10-21-17(20-4)23-12-18(2,3)14-7-5-6-8-15(14)19/h5-8,11H,9-10,12H2,1-4H3,(H2,20,21,23). The third kappa shape index (κ3) is 5.03. The second kappa shape index (κ2) is 8.24. The summed E-state index contributed by atoms with van der Waals surface area (Å²) in [6.45, 7) is 7.44. The molecule has 0 fully saturated rings. The zero-order valence-corrected chi connectivity index (χ0v) is 15.5. The molecule has 0 spiro atoms. The lowest BCUT2D eigenvalue weighted by molar-refractivity contribution is 0.473.